The van der Waals surface area contributed by atoms with Gasteiger partial charge in [0.25, 0.3) is 0 Å². The lowest BCUT2D eigenvalue weighted by molar-refractivity contribution is 0.115. The van der Waals surface area contributed by atoms with Crippen molar-refractivity contribution in [2.24, 2.45) is 16.7 Å². The molecule has 0 radical (unpaired) electrons. The summed E-state index contributed by atoms with van der Waals surface area (Å²) in [6.07, 6.45) is 5.71. The molecule has 16 heavy (non-hydrogen) atoms. The number of epoxide rings is 1. The number of ether oxygens (including phenoxy) is 1. The predicted molar refractivity (Wildman–Crippen MR) is 63.1 cm³/mol. The topological polar surface area (TPSA) is 32.8 Å². The van der Waals surface area contributed by atoms with E-state index in [1.54, 1.807) is 0 Å². The maximum Gasteiger partial charge on any atom is 0.107 e. The van der Waals surface area contributed by atoms with E-state index in [4.69, 9.17) is 4.74 Å². The van der Waals surface area contributed by atoms with E-state index in [0.717, 1.165) is 18.9 Å². The van der Waals surface area contributed by atoms with Gasteiger partial charge in [-0.3, -0.25) is 0 Å². The fraction of sp³-hybridized carbons (Fsp3) is 0.857. The van der Waals surface area contributed by atoms with Crippen LogP contribution >= 0.6 is 0 Å². The number of fused-ring (bicyclic) bond motifs is 2. The fourth-order valence-corrected chi connectivity index (χ4v) is 3.76. The van der Waals surface area contributed by atoms with Crippen molar-refractivity contribution < 1.29 is 9.84 Å². The number of allylic oxidation sites excluding steroid dienone is 1. The van der Waals surface area contributed by atoms with Gasteiger partial charge in [0.05, 0.1) is 12.7 Å². The molecule has 0 amide bonds. The van der Waals surface area contributed by atoms with Gasteiger partial charge in [-0.25, -0.2) is 0 Å². The van der Waals surface area contributed by atoms with Crippen molar-refractivity contribution in [3.63, 3.8) is 0 Å². The molecule has 2 fully saturated rings. The summed E-state index contributed by atoms with van der Waals surface area (Å²) in [5.74, 6) is 0.722. The molecular formula is C14H22O2. The van der Waals surface area contributed by atoms with Gasteiger partial charge >= 0.3 is 0 Å². The Bertz CT molecular complexity index is 341. The molecule has 3 aliphatic rings. The van der Waals surface area contributed by atoms with Crippen LogP contribution in [0.25, 0.3) is 0 Å². The second-order valence-electron chi connectivity index (χ2n) is 6.53. The van der Waals surface area contributed by atoms with Crippen molar-refractivity contribution in [2.45, 2.75) is 52.2 Å². The van der Waals surface area contributed by atoms with Crippen LogP contribution < -0.4 is 0 Å². The quantitative estimate of drug-likeness (QED) is 0.588. The van der Waals surface area contributed by atoms with Crippen LogP contribution in [0.15, 0.2) is 11.6 Å². The van der Waals surface area contributed by atoms with Gasteiger partial charge in [-0.05, 0) is 36.0 Å². The van der Waals surface area contributed by atoms with Crippen LogP contribution in [0.4, 0.5) is 0 Å². The lowest BCUT2D eigenvalue weighted by Crippen LogP contribution is -2.31. The maximum atomic E-state index is 10.00. The summed E-state index contributed by atoms with van der Waals surface area (Å²) in [4.78, 5) is 0. The Kier molecular flexibility index (Phi) is 2.10. The molecule has 4 atom stereocenters. The van der Waals surface area contributed by atoms with E-state index >= 15 is 0 Å². The first-order valence-corrected chi connectivity index (χ1v) is 6.46. The molecule has 3 rings (SSSR count). The van der Waals surface area contributed by atoms with Gasteiger partial charge in [0.2, 0.25) is 0 Å². The number of hydrogen-bond acceptors (Lipinski definition) is 2. The summed E-state index contributed by atoms with van der Waals surface area (Å²) in [5.41, 5.74) is 2.18. The summed E-state index contributed by atoms with van der Waals surface area (Å²) in [5, 5.41) is 10.00. The van der Waals surface area contributed by atoms with Gasteiger partial charge in [0.1, 0.15) is 6.10 Å². The molecular weight excluding hydrogens is 200 g/mol. The van der Waals surface area contributed by atoms with Crippen molar-refractivity contribution in [1.82, 2.24) is 0 Å². The Morgan fingerprint density at radius 3 is 2.62 bits per heavy atom. The maximum absolute atomic E-state index is 10.00. The normalized spacial score (nSPS) is 45.6. The summed E-state index contributed by atoms with van der Waals surface area (Å²) < 4.78 is 5.17. The number of aliphatic hydroxyl groups excluding tert-OH is 1. The summed E-state index contributed by atoms with van der Waals surface area (Å²) >= 11 is 0. The zero-order valence-electron chi connectivity index (χ0n) is 10.5. The smallest absolute Gasteiger partial charge is 0.107 e. The fourth-order valence-electron chi connectivity index (χ4n) is 3.76. The van der Waals surface area contributed by atoms with Crippen LogP contribution in [0.1, 0.15) is 40.0 Å². The average Bonchev–Trinajstić information content (AvgIpc) is 2.98. The van der Waals surface area contributed by atoms with E-state index in [1.807, 2.05) is 0 Å². The molecule has 2 heteroatoms. The molecule has 1 saturated carbocycles. The zero-order valence-corrected chi connectivity index (χ0v) is 10.5. The SMILES string of the molecule is CC1(C)[C@@H]2C=C(C[C@@H](O)[C@H]3CO3)[C@@]1(C)CC2. The zero-order chi connectivity index (χ0) is 11.6. The first kappa shape index (κ1) is 10.8. The van der Waals surface area contributed by atoms with Crippen molar-refractivity contribution in [1.29, 1.82) is 0 Å². The highest BCUT2D eigenvalue weighted by Crippen LogP contribution is 2.65. The molecule has 2 bridgehead atoms. The third kappa shape index (κ3) is 1.26. The average molecular weight is 222 g/mol. The predicted octanol–water partition coefficient (Wildman–Crippen LogP) is 2.52. The van der Waals surface area contributed by atoms with Crippen molar-refractivity contribution in [3.8, 4) is 0 Å². The second kappa shape index (κ2) is 3.11. The lowest BCUT2D eigenvalue weighted by Gasteiger charge is -2.38. The minimum atomic E-state index is -0.279. The number of aliphatic hydroxyl groups is 1. The Hall–Kier alpha value is -0.340. The monoisotopic (exact) mass is 222 g/mol. The molecule has 90 valence electrons. The molecule has 1 N–H and O–H groups in total. The second-order valence-corrected chi connectivity index (χ2v) is 6.53. The van der Waals surface area contributed by atoms with Gasteiger partial charge in [-0.2, -0.15) is 0 Å². The van der Waals surface area contributed by atoms with Crippen LogP contribution in [0.3, 0.4) is 0 Å². The summed E-state index contributed by atoms with van der Waals surface area (Å²) in [6.45, 7) is 7.90. The molecule has 0 aromatic rings. The van der Waals surface area contributed by atoms with Crippen LogP contribution in [-0.2, 0) is 4.74 Å². The summed E-state index contributed by atoms with van der Waals surface area (Å²) in [6, 6.07) is 0. The highest BCUT2D eigenvalue weighted by atomic mass is 16.6. The Morgan fingerprint density at radius 1 is 1.50 bits per heavy atom. The van der Waals surface area contributed by atoms with Gasteiger partial charge in [0, 0.05) is 0 Å². The number of rotatable bonds is 3. The van der Waals surface area contributed by atoms with Crippen LogP contribution in [0, 0.1) is 16.7 Å². The summed E-state index contributed by atoms with van der Waals surface area (Å²) in [7, 11) is 0. The van der Waals surface area contributed by atoms with Crippen molar-refractivity contribution in [3.05, 3.63) is 11.6 Å². The first-order valence-electron chi connectivity index (χ1n) is 6.46. The largest absolute Gasteiger partial charge is 0.390 e. The van der Waals surface area contributed by atoms with E-state index in [9.17, 15) is 5.11 Å². The molecule has 0 aromatic heterocycles. The van der Waals surface area contributed by atoms with E-state index in [2.05, 4.69) is 26.8 Å². The van der Waals surface area contributed by atoms with E-state index in [0.29, 0.717) is 10.8 Å². The molecule has 1 aliphatic heterocycles. The highest BCUT2D eigenvalue weighted by molar-refractivity contribution is 5.32. The van der Waals surface area contributed by atoms with Gasteiger partial charge in [0.15, 0.2) is 0 Å². The van der Waals surface area contributed by atoms with Crippen molar-refractivity contribution in [2.75, 3.05) is 6.61 Å². The van der Waals surface area contributed by atoms with Crippen molar-refractivity contribution >= 4 is 0 Å². The molecule has 1 saturated heterocycles. The van der Waals surface area contributed by atoms with E-state index < -0.39 is 0 Å². The molecule has 2 nitrogen and oxygen atoms in total. The van der Waals surface area contributed by atoms with Crippen LogP contribution in [0.2, 0.25) is 0 Å². The molecule has 0 aromatic carbocycles. The third-order valence-corrected chi connectivity index (χ3v) is 5.63. The standard InChI is InChI=1S/C14H22O2/c1-13(2)9-4-5-14(13,3)10(6-9)7-11(15)12-8-16-12/h6,9,11-12,15H,4-5,7-8H2,1-3H3/t9-,11+,12+,14+/m0/s1. The Labute approximate surface area is 97.7 Å². The molecule has 1 heterocycles. The molecule has 0 spiro atoms. The van der Waals surface area contributed by atoms with Gasteiger partial charge < -0.3 is 9.84 Å². The van der Waals surface area contributed by atoms with E-state index in [-0.39, 0.29) is 12.2 Å². The Balaban J connectivity index is 1.79. The minimum absolute atomic E-state index is 0.117. The van der Waals surface area contributed by atoms with Gasteiger partial charge in [-0.15, -0.1) is 0 Å². The number of hydrogen-bond donors (Lipinski definition) is 1. The molecule has 2 aliphatic carbocycles. The van der Waals surface area contributed by atoms with Crippen LogP contribution in [-0.4, -0.2) is 23.9 Å². The highest BCUT2D eigenvalue weighted by Gasteiger charge is 2.57. The minimum Gasteiger partial charge on any atom is -0.390 e. The first-order chi connectivity index (χ1) is 7.45. The van der Waals surface area contributed by atoms with Gasteiger partial charge in [-0.1, -0.05) is 32.4 Å². The Morgan fingerprint density at radius 2 is 2.19 bits per heavy atom. The molecule has 0 unspecified atom stereocenters. The third-order valence-electron chi connectivity index (χ3n) is 5.63. The van der Waals surface area contributed by atoms with E-state index in [1.165, 1.54) is 18.4 Å². The lowest BCUT2D eigenvalue weighted by atomic mass is 9.66. The van der Waals surface area contributed by atoms with Crippen LogP contribution in [0.5, 0.6) is 0 Å².